The molecule has 0 spiro atoms. The van der Waals surface area contributed by atoms with Crippen molar-refractivity contribution in [3.63, 3.8) is 0 Å². The molecule has 2 unspecified atom stereocenters. The van der Waals surface area contributed by atoms with E-state index in [1.807, 2.05) is 24.3 Å². The third-order valence-electron chi connectivity index (χ3n) is 10.8. The summed E-state index contributed by atoms with van der Waals surface area (Å²) in [6, 6.07) is 22.7. The van der Waals surface area contributed by atoms with Crippen molar-refractivity contribution in [3.05, 3.63) is 115 Å². The molecule has 0 radical (unpaired) electrons. The minimum absolute atomic E-state index is 0.259. The molecule has 2 N–H and O–H groups in total. The number of anilines is 4. The topological polar surface area (TPSA) is 188 Å². The number of rotatable bonds is 8. The number of carbonyl (C=O) groups excluding carboxylic acids is 1. The highest BCUT2D eigenvalue weighted by Gasteiger charge is 2.29. The van der Waals surface area contributed by atoms with Crippen LogP contribution in [0.5, 0.6) is 0 Å². The Hall–Kier alpha value is -4.17. The Kier molecular flexibility index (Phi) is 15.9. The smallest absolute Gasteiger partial charge is 0.313 e. The Labute approximate surface area is 382 Å². The molecular formula is C43H52Br2N4O10S3. The minimum atomic E-state index is -3.25. The number of nitrogens with one attached hydrogen (secondary N) is 1. The zero-order valence-corrected chi connectivity index (χ0v) is 41.0. The molecule has 14 nitrogen and oxygen atoms in total. The van der Waals surface area contributed by atoms with Crippen molar-refractivity contribution in [2.45, 2.75) is 58.3 Å². The maximum absolute atomic E-state index is 11.7. The van der Waals surface area contributed by atoms with Crippen molar-refractivity contribution in [2.24, 2.45) is 0 Å². The molecule has 4 aromatic rings. The predicted octanol–water partition coefficient (Wildman–Crippen LogP) is 7.06. The van der Waals surface area contributed by atoms with Crippen molar-refractivity contribution >= 4 is 96.6 Å². The SMILES string of the molecule is Brc1ccc2c(c1)CCN2.CC(C(=O)O)c1ccc2c(c1)CCN2S(C)(=O)=O.CCOC(=O)C(C)c1ccc2c(c1)CCN2S(C)(=O)=O.CS(=O)(=O)N1CCc2cc(Br)ccc21. The van der Waals surface area contributed by atoms with Crippen LogP contribution in [-0.4, -0.2) is 93.9 Å². The summed E-state index contributed by atoms with van der Waals surface area (Å²) >= 11 is 6.80. The van der Waals surface area contributed by atoms with Crippen LogP contribution in [0.4, 0.5) is 22.7 Å². The van der Waals surface area contributed by atoms with E-state index in [9.17, 15) is 34.8 Å². The molecule has 0 saturated carbocycles. The molecule has 336 valence electrons. The molecule has 0 aliphatic carbocycles. The average Bonchev–Trinajstić information content (AvgIpc) is 4.02. The maximum atomic E-state index is 11.7. The van der Waals surface area contributed by atoms with Gasteiger partial charge in [-0.05, 0) is 128 Å². The van der Waals surface area contributed by atoms with E-state index < -0.39 is 42.0 Å². The lowest BCUT2D eigenvalue weighted by atomic mass is 9.98. The van der Waals surface area contributed by atoms with E-state index in [2.05, 4.69) is 55.4 Å². The molecule has 2 atom stereocenters. The Morgan fingerprint density at radius 1 is 0.629 bits per heavy atom. The normalized spacial score (nSPS) is 15.8. The molecule has 4 aliphatic rings. The summed E-state index contributed by atoms with van der Waals surface area (Å²) in [5.74, 6) is -2.06. The van der Waals surface area contributed by atoms with Crippen LogP contribution in [-0.2, 0) is 70.1 Å². The van der Waals surface area contributed by atoms with Crippen LogP contribution in [0.15, 0.2) is 81.7 Å². The highest BCUT2D eigenvalue weighted by atomic mass is 79.9. The molecule has 4 heterocycles. The van der Waals surface area contributed by atoms with Gasteiger partial charge in [-0.25, -0.2) is 25.3 Å². The highest BCUT2D eigenvalue weighted by molar-refractivity contribution is 9.10. The summed E-state index contributed by atoms with van der Waals surface area (Å²) < 4.78 is 80.6. The Bertz CT molecular complexity index is 2660. The van der Waals surface area contributed by atoms with E-state index in [1.165, 1.54) is 47.4 Å². The van der Waals surface area contributed by atoms with Gasteiger partial charge < -0.3 is 15.2 Å². The van der Waals surface area contributed by atoms with E-state index in [0.29, 0.717) is 56.0 Å². The number of hydrogen-bond donors (Lipinski definition) is 2. The van der Waals surface area contributed by atoms with E-state index in [4.69, 9.17) is 9.84 Å². The van der Waals surface area contributed by atoms with Gasteiger partial charge >= 0.3 is 11.9 Å². The summed E-state index contributed by atoms with van der Waals surface area (Å²) in [4.78, 5) is 22.7. The third kappa shape index (κ3) is 12.1. The Balaban J connectivity index is 0.000000160. The fraction of sp³-hybridized carbons (Fsp3) is 0.395. The lowest BCUT2D eigenvalue weighted by Crippen LogP contribution is -2.27. The van der Waals surface area contributed by atoms with Gasteiger partial charge in [0.05, 0.1) is 54.3 Å². The molecule has 19 heteroatoms. The molecule has 4 aromatic carbocycles. The van der Waals surface area contributed by atoms with Gasteiger partial charge in [-0.1, -0.05) is 56.1 Å². The van der Waals surface area contributed by atoms with Crippen molar-refractivity contribution in [3.8, 4) is 0 Å². The van der Waals surface area contributed by atoms with Crippen LogP contribution in [0.25, 0.3) is 0 Å². The van der Waals surface area contributed by atoms with Crippen molar-refractivity contribution in [1.29, 1.82) is 0 Å². The first kappa shape index (κ1) is 48.9. The quantitative estimate of drug-likeness (QED) is 0.172. The first-order chi connectivity index (χ1) is 29.0. The lowest BCUT2D eigenvalue weighted by molar-refractivity contribution is -0.144. The van der Waals surface area contributed by atoms with Gasteiger partial charge in [0.1, 0.15) is 0 Å². The van der Waals surface area contributed by atoms with Gasteiger partial charge in [0.15, 0.2) is 0 Å². The number of carboxylic acid groups (broad SMARTS) is 1. The molecule has 62 heavy (non-hydrogen) atoms. The van der Waals surface area contributed by atoms with Gasteiger partial charge in [0.25, 0.3) is 0 Å². The Morgan fingerprint density at radius 2 is 1.03 bits per heavy atom. The Morgan fingerprint density at radius 3 is 1.47 bits per heavy atom. The van der Waals surface area contributed by atoms with Gasteiger partial charge in [-0.15, -0.1) is 0 Å². The second-order valence-corrected chi connectivity index (χ2v) is 22.9. The second kappa shape index (κ2) is 20.1. The molecule has 4 aliphatic heterocycles. The third-order valence-corrected chi connectivity index (χ3v) is 15.3. The van der Waals surface area contributed by atoms with Gasteiger partial charge in [0, 0.05) is 40.8 Å². The summed E-state index contributed by atoms with van der Waals surface area (Å²) in [5.41, 5.74) is 9.42. The first-order valence-electron chi connectivity index (χ1n) is 19.9. The van der Waals surface area contributed by atoms with Crippen LogP contribution >= 0.6 is 31.9 Å². The predicted molar refractivity (Wildman–Crippen MR) is 252 cm³/mol. The monoisotopic (exact) mass is 1040 g/mol. The molecule has 0 amide bonds. The summed E-state index contributed by atoms with van der Waals surface area (Å²) in [5, 5.41) is 12.3. The number of carbonyl (C=O) groups is 2. The molecule has 0 aromatic heterocycles. The highest BCUT2D eigenvalue weighted by Crippen LogP contribution is 2.35. The number of nitrogens with zero attached hydrogens (tertiary/aromatic N) is 3. The van der Waals surface area contributed by atoms with Gasteiger partial charge in [-0.3, -0.25) is 22.5 Å². The number of ether oxygens (including phenoxy) is 1. The van der Waals surface area contributed by atoms with Crippen molar-refractivity contribution in [1.82, 2.24) is 0 Å². The van der Waals surface area contributed by atoms with Crippen molar-refractivity contribution < 1.29 is 44.7 Å². The fourth-order valence-electron chi connectivity index (χ4n) is 7.51. The van der Waals surface area contributed by atoms with Crippen LogP contribution in [0, 0.1) is 0 Å². The number of hydrogen-bond acceptors (Lipinski definition) is 10. The second-order valence-electron chi connectivity index (χ2n) is 15.3. The van der Waals surface area contributed by atoms with Crippen LogP contribution < -0.4 is 18.2 Å². The van der Waals surface area contributed by atoms with E-state index in [1.54, 1.807) is 51.1 Å². The number of esters is 1. The number of halogens is 2. The van der Waals surface area contributed by atoms with Crippen LogP contribution in [0.3, 0.4) is 0 Å². The van der Waals surface area contributed by atoms with E-state index in [0.717, 1.165) is 51.8 Å². The van der Waals surface area contributed by atoms with E-state index >= 15 is 0 Å². The van der Waals surface area contributed by atoms with Gasteiger partial charge in [-0.2, -0.15) is 0 Å². The van der Waals surface area contributed by atoms with E-state index in [-0.39, 0.29) is 11.9 Å². The molecule has 8 rings (SSSR count). The summed E-state index contributed by atoms with van der Waals surface area (Å²) in [6.45, 7) is 8.09. The van der Waals surface area contributed by atoms with Gasteiger partial charge in [0.2, 0.25) is 30.1 Å². The molecule has 0 saturated heterocycles. The molecular weight excluding hydrogens is 988 g/mol. The number of benzene rings is 4. The molecule has 0 fully saturated rings. The summed E-state index contributed by atoms with van der Waals surface area (Å²) in [6.07, 6.45) is 6.88. The number of sulfonamides is 3. The lowest BCUT2D eigenvalue weighted by Gasteiger charge is -2.17. The zero-order valence-electron chi connectivity index (χ0n) is 35.4. The largest absolute Gasteiger partial charge is 0.481 e. The number of aliphatic carboxylic acids is 1. The zero-order chi connectivity index (χ0) is 45.7. The average molecular weight is 1040 g/mol. The van der Waals surface area contributed by atoms with Crippen LogP contribution in [0.1, 0.15) is 66.0 Å². The van der Waals surface area contributed by atoms with Crippen molar-refractivity contribution in [2.75, 3.05) is 69.8 Å². The maximum Gasteiger partial charge on any atom is 0.313 e. The fourth-order valence-corrected chi connectivity index (χ4v) is 11.2. The first-order valence-corrected chi connectivity index (χ1v) is 27.0. The molecule has 0 bridgehead atoms. The standard InChI is InChI=1S/C14H19NO4S.C12H15NO4S.C9H10BrNO2S.C8H8BrN/c1-4-19-14(16)10(2)11-5-6-13-12(9-11)7-8-15(13)20(3,17)18;1-8(12(14)15)9-3-4-11-10(7-9)5-6-13(11)18(2,16)17;1-14(12,13)11-5-4-7-6-8(10)2-3-9(7)11;9-7-1-2-8-6(5-7)3-4-10-8/h5-6,9-10H,4,7-8H2,1-3H3;3-4,7-8H,5-6H2,1-2H3,(H,14,15);2-3,6H,4-5H2,1H3;1-2,5,10H,3-4H2. The minimum Gasteiger partial charge on any atom is -0.481 e. The summed E-state index contributed by atoms with van der Waals surface area (Å²) in [7, 11) is -9.59. The van der Waals surface area contributed by atoms with Crippen LogP contribution in [0.2, 0.25) is 0 Å². The number of carboxylic acids is 1. The number of fused-ring (bicyclic) bond motifs is 4.